The van der Waals surface area contributed by atoms with E-state index in [1.54, 1.807) is 20.8 Å². The fraction of sp³-hybridized carbons (Fsp3) is 0.542. The lowest BCUT2D eigenvalue weighted by Crippen LogP contribution is -2.55. The fourth-order valence-corrected chi connectivity index (χ4v) is 3.91. The fourth-order valence-electron chi connectivity index (χ4n) is 3.91. The monoisotopic (exact) mass is 399 g/mol. The zero-order valence-electron chi connectivity index (χ0n) is 18.7. The molecule has 1 unspecified atom stereocenters. The summed E-state index contributed by atoms with van der Waals surface area (Å²) in [6.45, 7) is 11.6. The first kappa shape index (κ1) is 22.9. The van der Waals surface area contributed by atoms with Crippen LogP contribution in [0, 0.1) is 26.2 Å². The molecule has 0 radical (unpaired) electrons. The van der Waals surface area contributed by atoms with Crippen molar-refractivity contribution in [2.45, 2.75) is 72.8 Å². The van der Waals surface area contributed by atoms with Gasteiger partial charge in [-0.25, -0.2) is 0 Å². The number of ether oxygens (including phenoxy) is 1. The Morgan fingerprint density at radius 2 is 1.76 bits per heavy atom. The van der Waals surface area contributed by atoms with E-state index >= 15 is 0 Å². The van der Waals surface area contributed by atoms with Crippen LogP contribution in [0.5, 0.6) is 0 Å². The predicted octanol–water partition coefficient (Wildman–Crippen LogP) is 4.51. The van der Waals surface area contributed by atoms with Crippen LogP contribution in [0.2, 0.25) is 0 Å². The Labute approximate surface area is 174 Å². The summed E-state index contributed by atoms with van der Waals surface area (Å²) >= 11 is 0. The summed E-state index contributed by atoms with van der Waals surface area (Å²) in [4.78, 5) is 39.0. The molecule has 0 aromatic heterocycles. The lowest BCUT2D eigenvalue weighted by atomic mass is 9.75. The van der Waals surface area contributed by atoms with Crippen LogP contribution in [0.1, 0.15) is 68.7 Å². The van der Waals surface area contributed by atoms with Gasteiger partial charge in [-0.05, 0) is 77.5 Å². The highest BCUT2D eigenvalue weighted by molar-refractivity contribution is 6.10. The van der Waals surface area contributed by atoms with Crippen LogP contribution >= 0.6 is 0 Å². The second-order valence-electron chi connectivity index (χ2n) is 9.10. The zero-order chi connectivity index (χ0) is 22.0. The molecule has 0 saturated carbocycles. The van der Waals surface area contributed by atoms with Gasteiger partial charge in [-0.3, -0.25) is 19.3 Å². The van der Waals surface area contributed by atoms with Crippen molar-refractivity contribution >= 4 is 23.9 Å². The van der Waals surface area contributed by atoms with Gasteiger partial charge in [0.25, 0.3) is 0 Å². The Morgan fingerprint density at radius 1 is 1.17 bits per heavy atom. The minimum Gasteiger partial charge on any atom is -0.459 e. The summed E-state index contributed by atoms with van der Waals surface area (Å²) < 4.78 is 5.58. The van der Waals surface area contributed by atoms with Gasteiger partial charge in [0.05, 0.1) is 0 Å². The van der Waals surface area contributed by atoms with Crippen molar-refractivity contribution < 1.29 is 19.1 Å². The first-order valence-corrected chi connectivity index (χ1v) is 10.2. The molecule has 2 rings (SSSR count). The first-order chi connectivity index (χ1) is 13.4. The Kier molecular flexibility index (Phi) is 6.71. The van der Waals surface area contributed by atoms with E-state index in [-0.39, 0.29) is 18.7 Å². The van der Waals surface area contributed by atoms with Gasteiger partial charge < -0.3 is 4.74 Å². The number of likely N-dealkylation sites (tertiary alicyclic amines) is 1. The van der Waals surface area contributed by atoms with Crippen LogP contribution < -0.4 is 0 Å². The molecular weight excluding hydrogens is 366 g/mol. The topological polar surface area (TPSA) is 63.7 Å². The third kappa shape index (κ3) is 5.14. The van der Waals surface area contributed by atoms with E-state index in [1.165, 1.54) is 23.7 Å². The minimum atomic E-state index is -1.31. The molecule has 1 fully saturated rings. The number of rotatable bonds is 5. The average Bonchev–Trinajstić information content (AvgIpc) is 2.58. The normalized spacial score (nSPS) is 20.4. The largest absolute Gasteiger partial charge is 0.459 e. The molecule has 1 aliphatic rings. The van der Waals surface area contributed by atoms with Gasteiger partial charge in [0, 0.05) is 13.5 Å². The SMILES string of the molecule is Cc1cc(C)c(/C=C/CCC2(C(=O)OC(C)(C)C)CCC(=O)N(C)C2=O)c(C)c1. The summed E-state index contributed by atoms with van der Waals surface area (Å²) in [5.74, 6) is -1.25. The highest BCUT2D eigenvalue weighted by Gasteiger charge is 2.52. The van der Waals surface area contributed by atoms with E-state index in [2.05, 4.69) is 39.0 Å². The first-order valence-electron chi connectivity index (χ1n) is 10.2. The van der Waals surface area contributed by atoms with Gasteiger partial charge in [-0.2, -0.15) is 0 Å². The second-order valence-corrected chi connectivity index (χ2v) is 9.10. The highest BCUT2D eigenvalue weighted by Crippen LogP contribution is 2.38. The van der Waals surface area contributed by atoms with Gasteiger partial charge >= 0.3 is 5.97 Å². The number of carbonyl (C=O) groups excluding carboxylic acids is 3. The van der Waals surface area contributed by atoms with Crippen LogP contribution in [0.25, 0.3) is 6.08 Å². The summed E-state index contributed by atoms with van der Waals surface area (Å²) in [6.07, 6.45) is 5.27. The number of carbonyl (C=O) groups is 3. The molecule has 1 aromatic carbocycles. The number of benzene rings is 1. The van der Waals surface area contributed by atoms with E-state index in [4.69, 9.17) is 4.74 Å². The van der Waals surface area contributed by atoms with E-state index in [0.29, 0.717) is 12.8 Å². The van der Waals surface area contributed by atoms with Crippen molar-refractivity contribution in [1.29, 1.82) is 0 Å². The number of aryl methyl sites for hydroxylation is 3. The number of piperidine rings is 1. The number of hydrogen-bond acceptors (Lipinski definition) is 4. The standard InChI is InChI=1S/C24H33NO4/c1-16-14-17(2)19(18(3)15-16)10-8-9-12-24(22(28)29-23(4,5)6)13-11-20(26)25(7)21(24)27/h8,10,14-15H,9,11-13H2,1-7H3/b10-8+. The van der Waals surface area contributed by atoms with Crippen LogP contribution in [0.15, 0.2) is 18.2 Å². The van der Waals surface area contributed by atoms with Crippen LogP contribution in [-0.2, 0) is 19.1 Å². The van der Waals surface area contributed by atoms with Crippen molar-refractivity contribution in [2.24, 2.45) is 5.41 Å². The highest BCUT2D eigenvalue weighted by atomic mass is 16.6. The third-order valence-corrected chi connectivity index (χ3v) is 5.40. The van der Waals surface area contributed by atoms with Crippen molar-refractivity contribution in [3.05, 3.63) is 40.5 Å². The van der Waals surface area contributed by atoms with Crippen LogP contribution in [0.4, 0.5) is 0 Å². The molecule has 5 heteroatoms. The van der Waals surface area contributed by atoms with Crippen LogP contribution in [0.3, 0.4) is 0 Å². The minimum absolute atomic E-state index is 0.168. The van der Waals surface area contributed by atoms with Crippen LogP contribution in [-0.4, -0.2) is 35.3 Å². The molecule has 5 nitrogen and oxygen atoms in total. The lowest BCUT2D eigenvalue weighted by Gasteiger charge is -2.38. The smallest absolute Gasteiger partial charge is 0.322 e. The summed E-state index contributed by atoms with van der Waals surface area (Å²) in [5, 5.41) is 0. The summed E-state index contributed by atoms with van der Waals surface area (Å²) in [7, 11) is 1.44. The maximum atomic E-state index is 13.0. The average molecular weight is 400 g/mol. The van der Waals surface area contributed by atoms with Gasteiger partial charge in [-0.15, -0.1) is 0 Å². The van der Waals surface area contributed by atoms with Crippen molar-refractivity contribution in [1.82, 2.24) is 4.90 Å². The number of esters is 1. The number of hydrogen-bond donors (Lipinski definition) is 0. The molecule has 2 amide bonds. The molecule has 0 aliphatic carbocycles. The Balaban J connectivity index is 2.24. The van der Waals surface area contributed by atoms with Gasteiger partial charge in [0.15, 0.2) is 0 Å². The van der Waals surface area contributed by atoms with Crippen molar-refractivity contribution in [3.63, 3.8) is 0 Å². The maximum absolute atomic E-state index is 13.0. The molecule has 1 aromatic rings. The van der Waals surface area contributed by atoms with E-state index < -0.39 is 22.9 Å². The molecular formula is C24H33NO4. The molecule has 0 N–H and O–H groups in total. The van der Waals surface area contributed by atoms with E-state index in [9.17, 15) is 14.4 Å². The maximum Gasteiger partial charge on any atom is 0.322 e. The molecule has 0 spiro atoms. The number of nitrogens with zero attached hydrogens (tertiary/aromatic N) is 1. The quantitative estimate of drug-likeness (QED) is 0.415. The molecule has 1 saturated heterocycles. The van der Waals surface area contributed by atoms with Gasteiger partial charge in [0.1, 0.15) is 11.0 Å². The molecule has 158 valence electrons. The third-order valence-electron chi connectivity index (χ3n) is 5.40. The Bertz CT molecular complexity index is 824. The van der Waals surface area contributed by atoms with E-state index in [1.807, 2.05) is 6.08 Å². The van der Waals surface area contributed by atoms with Crippen molar-refractivity contribution in [3.8, 4) is 0 Å². The molecule has 1 aliphatic heterocycles. The second kappa shape index (κ2) is 8.52. The molecule has 1 atom stereocenters. The Hall–Kier alpha value is -2.43. The van der Waals surface area contributed by atoms with E-state index in [0.717, 1.165) is 10.5 Å². The lowest BCUT2D eigenvalue weighted by molar-refractivity contribution is -0.178. The van der Waals surface area contributed by atoms with Gasteiger partial charge in [-0.1, -0.05) is 29.8 Å². The van der Waals surface area contributed by atoms with Gasteiger partial charge in [0.2, 0.25) is 11.8 Å². The summed E-state index contributed by atoms with van der Waals surface area (Å²) in [6, 6.07) is 4.28. The predicted molar refractivity (Wildman–Crippen MR) is 114 cm³/mol. The number of amides is 2. The Morgan fingerprint density at radius 3 is 2.31 bits per heavy atom. The van der Waals surface area contributed by atoms with Crippen molar-refractivity contribution in [2.75, 3.05) is 7.05 Å². The summed E-state index contributed by atoms with van der Waals surface area (Å²) in [5.41, 5.74) is 2.76. The molecule has 1 heterocycles. The zero-order valence-corrected chi connectivity index (χ0v) is 18.7. The molecule has 29 heavy (non-hydrogen) atoms. The number of allylic oxidation sites excluding steroid dienone is 1. The molecule has 0 bridgehead atoms. The number of imide groups is 1.